The number of ether oxygens (including phenoxy) is 1. The molecule has 6 nitrogen and oxygen atoms in total. The highest BCUT2D eigenvalue weighted by atomic mass is 19.1. The number of aryl methyl sites for hydroxylation is 2. The summed E-state index contributed by atoms with van der Waals surface area (Å²) < 4.78 is 19.4. The van der Waals surface area contributed by atoms with Crippen molar-refractivity contribution in [3.63, 3.8) is 0 Å². The van der Waals surface area contributed by atoms with Crippen molar-refractivity contribution in [2.45, 2.75) is 51.0 Å². The van der Waals surface area contributed by atoms with Crippen LogP contribution in [-0.2, 0) is 17.6 Å². The van der Waals surface area contributed by atoms with Crippen molar-refractivity contribution in [3.05, 3.63) is 69.5 Å². The maximum atomic E-state index is 13.9. The van der Waals surface area contributed by atoms with Crippen molar-refractivity contribution in [3.8, 4) is 6.07 Å². The minimum absolute atomic E-state index is 0.0265. The fourth-order valence-electron chi connectivity index (χ4n) is 6.42. The van der Waals surface area contributed by atoms with Crippen LogP contribution in [0.5, 0.6) is 0 Å². The number of hydrogen-bond donors (Lipinski definition) is 0. The van der Waals surface area contributed by atoms with E-state index in [0.717, 1.165) is 100 Å². The smallest absolute Gasteiger partial charge is 0.253 e. The summed E-state index contributed by atoms with van der Waals surface area (Å²) in [4.78, 5) is 20.6. The molecule has 2 aromatic carbocycles. The van der Waals surface area contributed by atoms with Crippen LogP contribution in [-0.4, -0.2) is 86.2 Å². The highest BCUT2D eigenvalue weighted by Gasteiger charge is 2.33. The zero-order valence-corrected chi connectivity index (χ0v) is 22.7. The van der Waals surface area contributed by atoms with Crippen LogP contribution in [0.25, 0.3) is 0 Å². The molecule has 1 aliphatic carbocycles. The Bertz CT molecular complexity index is 1200. The monoisotopic (exact) mass is 518 g/mol. The van der Waals surface area contributed by atoms with Gasteiger partial charge in [0.05, 0.1) is 24.8 Å². The van der Waals surface area contributed by atoms with E-state index in [1.54, 1.807) is 12.1 Å². The van der Waals surface area contributed by atoms with E-state index >= 15 is 0 Å². The van der Waals surface area contributed by atoms with Crippen LogP contribution in [0.1, 0.15) is 63.4 Å². The van der Waals surface area contributed by atoms with Crippen molar-refractivity contribution in [1.82, 2.24) is 14.7 Å². The SMILES string of the molecule is Cc1cc(F)ccc1C(CCN1CC(N2CCOCC2)C1)CN(C)C(=O)c1cc(C#N)cc2c1CCCC2. The number of nitrogens with zero attached hydrogens (tertiary/aromatic N) is 4. The van der Waals surface area contributed by atoms with Gasteiger partial charge in [-0.15, -0.1) is 0 Å². The molecule has 1 atom stereocenters. The first-order chi connectivity index (χ1) is 18.4. The molecule has 2 saturated heterocycles. The summed E-state index contributed by atoms with van der Waals surface area (Å²) in [5.41, 5.74) is 5.51. The van der Waals surface area contributed by atoms with Crippen LogP contribution in [0.2, 0.25) is 0 Å². The Kier molecular flexibility index (Phi) is 8.42. The van der Waals surface area contributed by atoms with Crippen molar-refractivity contribution in [2.24, 2.45) is 0 Å². The summed E-state index contributed by atoms with van der Waals surface area (Å²) in [6, 6.07) is 11.6. The van der Waals surface area contributed by atoms with Crippen LogP contribution < -0.4 is 0 Å². The van der Waals surface area contributed by atoms with Crippen LogP contribution in [0.15, 0.2) is 30.3 Å². The summed E-state index contributed by atoms with van der Waals surface area (Å²) in [5, 5.41) is 9.56. The van der Waals surface area contributed by atoms with Gasteiger partial charge >= 0.3 is 0 Å². The Morgan fingerprint density at radius 3 is 2.68 bits per heavy atom. The molecule has 2 aliphatic heterocycles. The van der Waals surface area contributed by atoms with Gasteiger partial charge in [-0.2, -0.15) is 5.26 Å². The molecule has 1 amide bonds. The van der Waals surface area contributed by atoms with Crippen molar-refractivity contribution in [2.75, 3.05) is 59.5 Å². The van der Waals surface area contributed by atoms with Gasteiger partial charge in [-0.05, 0) is 92.1 Å². The average molecular weight is 519 g/mol. The number of likely N-dealkylation sites (N-methyl/N-ethyl adjacent to an activating group) is 1. The van der Waals surface area contributed by atoms with E-state index in [1.165, 1.54) is 6.07 Å². The normalized spacial score (nSPS) is 19.3. The molecule has 0 saturated carbocycles. The predicted molar refractivity (Wildman–Crippen MR) is 146 cm³/mol. The number of amides is 1. The van der Waals surface area contributed by atoms with Crippen molar-refractivity contribution in [1.29, 1.82) is 5.26 Å². The molecular weight excluding hydrogens is 479 g/mol. The fraction of sp³-hybridized carbons (Fsp3) is 0.548. The third-order valence-corrected chi connectivity index (χ3v) is 8.63. The molecule has 0 radical (unpaired) electrons. The molecule has 2 aromatic rings. The van der Waals surface area contributed by atoms with Gasteiger partial charge in [0.15, 0.2) is 0 Å². The molecule has 0 N–H and O–H groups in total. The largest absolute Gasteiger partial charge is 0.379 e. The average Bonchev–Trinajstić information content (AvgIpc) is 2.91. The van der Waals surface area contributed by atoms with Crippen molar-refractivity contribution >= 4 is 5.91 Å². The lowest BCUT2D eigenvalue weighted by Gasteiger charge is -2.47. The molecule has 5 rings (SSSR count). The second kappa shape index (κ2) is 11.9. The summed E-state index contributed by atoms with van der Waals surface area (Å²) >= 11 is 0. The van der Waals surface area contributed by atoms with E-state index in [1.807, 2.05) is 31.0 Å². The van der Waals surface area contributed by atoms with Gasteiger partial charge in [-0.25, -0.2) is 4.39 Å². The van der Waals surface area contributed by atoms with E-state index in [0.29, 0.717) is 23.7 Å². The summed E-state index contributed by atoms with van der Waals surface area (Å²) in [5.74, 6) is -0.159. The molecule has 2 heterocycles. The predicted octanol–water partition coefficient (Wildman–Crippen LogP) is 4.15. The maximum absolute atomic E-state index is 13.9. The van der Waals surface area contributed by atoms with Crippen LogP contribution in [0, 0.1) is 24.1 Å². The van der Waals surface area contributed by atoms with Gasteiger partial charge in [0.2, 0.25) is 0 Å². The topological polar surface area (TPSA) is 59.8 Å². The number of rotatable bonds is 8. The molecular formula is C31H39FN4O2. The van der Waals surface area contributed by atoms with Gasteiger partial charge in [0.25, 0.3) is 5.91 Å². The lowest BCUT2D eigenvalue weighted by atomic mass is 9.86. The number of morpholine rings is 1. The lowest BCUT2D eigenvalue weighted by Crippen LogP contribution is -2.61. The van der Waals surface area contributed by atoms with Crippen LogP contribution in [0.3, 0.4) is 0 Å². The van der Waals surface area contributed by atoms with Gasteiger partial charge in [-0.3, -0.25) is 9.69 Å². The van der Waals surface area contributed by atoms with Gasteiger partial charge in [0, 0.05) is 57.3 Å². The number of nitriles is 1. The van der Waals surface area contributed by atoms with Crippen LogP contribution in [0.4, 0.5) is 4.39 Å². The third kappa shape index (κ3) is 5.93. The van der Waals surface area contributed by atoms with E-state index in [-0.39, 0.29) is 17.6 Å². The third-order valence-electron chi connectivity index (χ3n) is 8.63. The number of carbonyl (C=O) groups excluding carboxylic acids is 1. The molecule has 0 aromatic heterocycles. The van der Waals surface area contributed by atoms with Crippen molar-refractivity contribution < 1.29 is 13.9 Å². The highest BCUT2D eigenvalue weighted by molar-refractivity contribution is 5.96. The quantitative estimate of drug-likeness (QED) is 0.526. The Balaban J connectivity index is 1.29. The number of likely N-dealkylation sites (tertiary alicyclic amines) is 1. The molecule has 38 heavy (non-hydrogen) atoms. The lowest BCUT2D eigenvalue weighted by molar-refractivity contribution is -0.0326. The van der Waals surface area contributed by atoms with Gasteiger partial charge < -0.3 is 14.5 Å². The van der Waals surface area contributed by atoms with Crippen LogP contribution >= 0.6 is 0 Å². The Morgan fingerprint density at radius 1 is 1.18 bits per heavy atom. The first-order valence-electron chi connectivity index (χ1n) is 14.0. The summed E-state index contributed by atoms with van der Waals surface area (Å²) in [7, 11) is 1.86. The summed E-state index contributed by atoms with van der Waals surface area (Å²) in [6.45, 7) is 9.26. The standard InChI is InChI=1S/C31H39FN4O2/c1-22-15-26(32)7-8-28(22)25(9-10-35-20-27(21-35)36-11-13-38-14-12-36)19-34(2)31(37)30-17-23(18-33)16-24-5-3-4-6-29(24)30/h7-8,15-17,25,27H,3-6,9-14,19-21H2,1-2H3. The Morgan fingerprint density at radius 2 is 1.95 bits per heavy atom. The minimum Gasteiger partial charge on any atom is -0.379 e. The first kappa shape index (κ1) is 26.8. The molecule has 1 unspecified atom stereocenters. The molecule has 0 bridgehead atoms. The van der Waals surface area contributed by atoms with Gasteiger partial charge in [0.1, 0.15) is 5.82 Å². The van der Waals surface area contributed by atoms with E-state index in [4.69, 9.17) is 4.74 Å². The number of carbonyl (C=O) groups is 1. The molecule has 2 fully saturated rings. The van der Waals surface area contributed by atoms with Gasteiger partial charge in [-0.1, -0.05) is 6.07 Å². The molecule has 0 spiro atoms. The number of halogens is 1. The molecule has 3 aliphatic rings. The zero-order chi connectivity index (χ0) is 26.6. The summed E-state index contributed by atoms with van der Waals surface area (Å²) in [6.07, 6.45) is 4.88. The minimum atomic E-state index is -0.231. The van der Waals surface area contributed by atoms with E-state index in [2.05, 4.69) is 15.9 Å². The second-order valence-electron chi connectivity index (χ2n) is 11.2. The number of benzene rings is 2. The number of hydrogen-bond acceptors (Lipinski definition) is 5. The Labute approximate surface area is 226 Å². The van der Waals surface area contributed by atoms with E-state index < -0.39 is 0 Å². The molecule has 202 valence electrons. The highest BCUT2D eigenvalue weighted by Crippen LogP contribution is 2.30. The number of fused-ring (bicyclic) bond motifs is 1. The Hall–Kier alpha value is -2.79. The maximum Gasteiger partial charge on any atom is 0.253 e. The molecule has 7 heteroatoms. The first-order valence-corrected chi connectivity index (χ1v) is 14.0. The second-order valence-corrected chi connectivity index (χ2v) is 11.2. The fourth-order valence-corrected chi connectivity index (χ4v) is 6.42. The van der Waals surface area contributed by atoms with E-state index in [9.17, 15) is 14.4 Å². The zero-order valence-electron chi connectivity index (χ0n) is 22.7.